The van der Waals surface area contributed by atoms with Crippen molar-refractivity contribution in [2.75, 3.05) is 29.4 Å². The minimum Gasteiger partial charge on any atom is -0.438 e. The van der Waals surface area contributed by atoms with Crippen LogP contribution in [0.1, 0.15) is 46.4 Å². The lowest BCUT2D eigenvalue weighted by molar-refractivity contribution is 0.211. The third-order valence-electron chi connectivity index (χ3n) is 6.91. The van der Waals surface area contributed by atoms with E-state index >= 15 is 0 Å². The number of benzene rings is 2. The second-order valence-electron chi connectivity index (χ2n) is 10.2. The summed E-state index contributed by atoms with van der Waals surface area (Å²) in [5.41, 5.74) is 6.22. The Morgan fingerprint density at radius 1 is 1.10 bits per heavy atom. The topological polar surface area (TPSA) is 120 Å². The molecule has 0 atom stereocenters. The summed E-state index contributed by atoms with van der Waals surface area (Å²) >= 11 is 1.81. The van der Waals surface area contributed by atoms with Gasteiger partial charge in [-0.3, -0.25) is 9.62 Å². The number of thioether (sulfide) groups is 1. The molecule has 0 bridgehead atoms. The number of nitrogens with one attached hydrogen (secondary N) is 2. The molecule has 0 spiro atoms. The van der Waals surface area contributed by atoms with E-state index in [0.717, 1.165) is 83.9 Å². The minimum atomic E-state index is -3.28. The minimum absolute atomic E-state index is 0.265. The van der Waals surface area contributed by atoms with Gasteiger partial charge in [0.15, 0.2) is 0 Å². The summed E-state index contributed by atoms with van der Waals surface area (Å²) in [6.07, 6.45) is 3.08. The Labute approximate surface area is 234 Å². The van der Waals surface area contributed by atoms with Crippen molar-refractivity contribution < 1.29 is 13.2 Å². The number of nitrogens with zero attached hydrogens (tertiary/aromatic N) is 4. The Balaban J connectivity index is 1.22. The van der Waals surface area contributed by atoms with Crippen LogP contribution in [0.3, 0.4) is 0 Å². The van der Waals surface area contributed by atoms with Crippen LogP contribution in [0.5, 0.6) is 11.6 Å². The number of piperidine rings is 1. The van der Waals surface area contributed by atoms with E-state index in [-0.39, 0.29) is 6.04 Å². The van der Waals surface area contributed by atoms with E-state index in [2.05, 4.69) is 21.0 Å². The summed E-state index contributed by atoms with van der Waals surface area (Å²) in [5.74, 6) is 3.59. The highest BCUT2D eigenvalue weighted by atomic mass is 32.2. The van der Waals surface area contributed by atoms with Gasteiger partial charge in [-0.25, -0.2) is 13.4 Å². The van der Waals surface area contributed by atoms with E-state index in [9.17, 15) is 13.7 Å². The van der Waals surface area contributed by atoms with Crippen LogP contribution in [-0.2, 0) is 28.1 Å². The van der Waals surface area contributed by atoms with Crippen molar-refractivity contribution >= 4 is 33.4 Å². The Morgan fingerprint density at radius 2 is 1.79 bits per heavy atom. The van der Waals surface area contributed by atoms with Gasteiger partial charge >= 0.3 is 0 Å². The first-order valence-corrected chi connectivity index (χ1v) is 15.9. The van der Waals surface area contributed by atoms with Crippen molar-refractivity contribution in [1.29, 1.82) is 5.26 Å². The molecule has 0 aliphatic carbocycles. The van der Waals surface area contributed by atoms with E-state index in [1.165, 1.54) is 0 Å². The summed E-state index contributed by atoms with van der Waals surface area (Å²) in [5, 5.41) is 12.8. The van der Waals surface area contributed by atoms with Gasteiger partial charge < -0.3 is 10.1 Å². The zero-order valence-electron chi connectivity index (χ0n) is 22.3. The summed E-state index contributed by atoms with van der Waals surface area (Å²) in [6.45, 7) is 6.60. The van der Waals surface area contributed by atoms with Crippen LogP contribution in [0.2, 0.25) is 0 Å². The Morgan fingerprint density at radius 3 is 2.44 bits per heavy atom. The van der Waals surface area contributed by atoms with Crippen molar-refractivity contribution in [2.45, 2.75) is 50.8 Å². The smallest absolute Gasteiger partial charge is 0.229 e. The first kappa shape index (κ1) is 27.2. The van der Waals surface area contributed by atoms with Gasteiger partial charge in [0.25, 0.3) is 0 Å². The Kier molecular flexibility index (Phi) is 7.98. The van der Waals surface area contributed by atoms with Gasteiger partial charge in [0, 0.05) is 48.4 Å². The summed E-state index contributed by atoms with van der Waals surface area (Å²) in [7, 11) is -3.28. The zero-order valence-corrected chi connectivity index (χ0v) is 24.0. The molecule has 2 aliphatic heterocycles. The number of likely N-dealkylation sites (tertiary alicyclic amines) is 1. The maximum absolute atomic E-state index is 11.4. The van der Waals surface area contributed by atoms with Crippen LogP contribution in [0.4, 0.5) is 11.6 Å². The Hall–Kier alpha value is -3.33. The normalized spacial score (nSPS) is 15.9. The first-order valence-electron chi connectivity index (χ1n) is 12.9. The van der Waals surface area contributed by atoms with Crippen molar-refractivity contribution in [2.24, 2.45) is 0 Å². The molecule has 3 aromatic rings. The van der Waals surface area contributed by atoms with Crippen molar-refractivity contribution in [1.82, 2.24) is 14.9 Å². The molecule has 2 aromatic carbocycles. The molecule has 3 heterocycles. The third kappa shape index (κ3) is 6.82. The molecule has 0 saturated carbocycles. The van der Waals surface area contributed by atoms with E-state index in [1.807, 2.05) is 49.9 Å². The van der Waals surface area contributed by atoms with E-state index in [0.29, 0.717) is 23.1 Å². The number of fused-ring (bicyclic) bond motifs is 1. The van der Waals surface area contributed by atoms with Gasteiger partial charge in [0.2, 0.25) is 21.9 Å². The molecule has 2 aliphatic rings. The van der Waals surface area contributed by atoms with Crippen LogP contribution in [0.15, 0.2) is 36.4 Å². The largest absolute Gasteiger partial charge is 0.438 e. The molecular weight excluding hydrogens is 532 g/mol. The molecule has 0 amide bonds. The van der Waals surface area contributed by atoms with Crippen LogP contribution >= 0.6 is 11.8 Å². The molecule has 11 heteroatoms. The SMILES string of the molecule is Cc1cc(C#N)cc(C)c1Oc1nc(NC2CCN(Cc3ccc(NS(C)(=O)=O)cc3)CC2)nc2c1CSC2. The number of hydrogen-bond donors (Lipinski definition) is 2. The van der Waals surface area contributed by atoms with Crippen LogP contribution in [0, 0.1) is 25.2 Å². The van der Waals surface area contributed by atoms with Crippen molar-refractivity contribution in [3.05, 3.63) is 69.9 Å². The fraction of sp³-hybridized carbons (Fsp3) is 0.393. The quantitative estimate of drug-likeness (QED) is 0.391. The molecule has 9 nitrogen and oxygen atoms in total. The monoisotopic (exact) mass is 564 g/mol. The molecule has 1 aromatic heterocycles. The maximum Gasteiger partial charge on any atom is 0.229 e. The number of sulfonamides is 1. The van der Waals surface area contributed by atoms with Crippen molar-refractivity contribution in [3.63, 3.8) is 0 Å². The summed E-state index contributed by atoms with van der Waals surface area (Å²) < 4.78 is 31.7. The van der Waals surface area contributed by atoms with E-state index in [1.54, 1.807) is 12.1 Å². The number of ether oxygens (including phenoxy) is 1. The van der Waals surface area contributed by atoms with Crippen LogP contribution < -0.4 is 14.8 Å². The highest BCUT2D eigenvalue weighted by Gasteiger charge is 2.25. The number of aromatic nitrogens is 2. The van der Waals surface area contributed by atoms with Gasteiger partial charge in [0.1, 0.15) is 5.75 Å². The predicted molar refractivity (Wildman–Crippen MR) is 155 cm³/mol. The summed E-state index contributed by atoms with van der Waals surface area (Å²) in [6, 6.07) is 13.7. The lowest BCUT2D eigenvalue weighted by Crippen LogP contribution is -2.39. The van der Waals surface area contributed by atoms with Crippen LogP contribution in [-0.4, -0.2) is 48.7 Å². The maximum atomic E-state index is 11.4. The molecule has 0 radical (unpaired) electrons. The molecular formula is C28H32N6O3S2. The molecule has 1 fully saturated rings. The standard InChI is InChI=1S/C28H32N6O3S2/c1-18-12-21(14-29)13-19(2)26(18)37-27-24-16-38-17-25(24)31-28(32-27)30-22-8-10-34(11-9-22)15-20-4-6-23(7-5-20)33-39(3,35)36/h4-7,12-13,22,33H,8-11,15-17H2,1-3H3,(H,30,31,32). The highest BCUT2D eigenvalue weighted by Crippen LogP contribution is 2.38. The van der Waals surface area contributed by atoms with Gasteiger partial charge in [-0.1, -0.05) is 12.1 Å². The Bertz CT molecular complexity index is 1490. The lowest BCUT2D eigenvalue weighted by atomic mass is 10.0. The second-order valence-corrected chi connectivity index (χ2v) is 12.9. The fourth-order valence-corrected chi connectivity index (χ4v) is 6.60. The third-order valence-corrected chi connectivity index (χ3v) is 8.49. The first-order chi connectivity index (χ1) is 18.7. The van der Waals surface area contributed by atoms with Gasteiger partial charge in [-0.05, 0) is 67.6 Å². The van der Waals surface area contributed by atoms with Crippen molar-refractivity contribution in [3.8, 4) is 17.7 Å². The number of aryl methyl sites for hydroxylation is 2. The molecule has 0 unspecified atom stereocenters. The fourth-order valence-electron chi connectivity index (χ4n) is 5.01. The molecule has 1 saturated heterocycles. The van der Waals surface area contributed by atoms with Crippen LogP contribution in [0.25, 0.3) is 0 Å². The number of anilines is 2. The van der Waals surface area contributed by atoms with E-state index < -0.39 is 10.0 Å². The van der Waals surface area contributed by atoms with Gasteiger partial charge in [-0.15, -0.1) is 0 Å². The lowest BCUT2D eigenvalue weighted by Gasteiger charge is -2.32. The van der Waals surface area contributed by atoms with Gasteiger partial charge in [0.05, 0.1) is 23.6 Å². The second kappa shape index (κ2) is 11.4. The predicted octanol–water partition coefficient (Wildman–Crippen LogP) is 4.95. The number of hydrogen-bond acceptors (Lipinski definition) is 9. The molecule has 204 valence electrons. The highest BCUT2D eigenvalue weighted by molar-refractivity contribution is 7.98. The number of nitriles is 1. The summed E-state index contributed by atoms with van der Waals surface area (Å²) in [4.78, 5) is 12.0. The average molecular weight is 565 g/mol. The number of rotatable bonds is 8. The molecule has 39 heavy (non-hydrogen) atoms. The van der Waals surface area contributed by atoms with E-state index in [4.69, 9.17) is 14.7 Å². The average Bonchev–Trinajstić information content (AvgIpc) is 3.36. The molecule has 2 N–H and O–H groups in total. The molecule has 5 rings (SSSR count). The van der Waals surface area contributed by atoms with Gasteiger partial charge in [-0.2, -0.15) is 22.0 Å². The zero-order chi connectivity index (χ0) is 27.6.